The highest BCUT2D eigenvalue weighted by molar-refractivity contribution is 7.15. The summed E-state index contributed by atoms with van der Waals surface area (Å²) in [4.78, 5) is 22.8. The Labute approximate surface area is 152 Å². The number of aromatic nitrogens is 1. The number of piperidine rings is 1. The second-order valence-electron chi connectivity index (χ2n) is 6.45. The Morgan fingerprint density at radius 2 is 2.29 bits per heavy atom. The van der Waals surface area contributed by atoms with E-state index < -0.39 is 0 Å². The molecule has 1 fully saturated rings. The van der Waals surface area contributed by atoms with Crippen molar-refractivity contribution in [2.24, 2.45) is 5.92 Å². The summed E-state index contributed by atoms with van der Waals surface area (Å²) in [5.74, 6) is 0.263. The Hall–Kier alpha value is -1.43. The number of benzene rings is 1. The summed E-state index contributed by atoms with van der Waals surface area (Å²) in [5.41, 5.74) is 0.724. The second kappa shape index (κ2) is 7.64. The molecule has 4 nitrogen and oxygen atoms in total. The molecular formula is C18H22ClN3OS. The number of nitrogens with zero attached hydrogens (tertiary/aromatic N) is 3. The van der Waals surface area contributed by atoms with E-state index in [1.807, 2.05) is 37.3 Å². The number of hydrogen-bond donors (Lipinski definition) is 0. The van der Waals surface area contributed by atoms with Crippen LogP contribution in [0.25, 0.3) is 0 Å². The highest BCUT2D eigenvalue weighted by Gasteiger charge is 2.27. The van der Waals surface area contributed by atoms with Crippen LogP contribution in [-0.4, -0.2) is 42.9 Å². The fraction of sp³-hybridized carbons (Fsp3) is 0.444. The first-order chi connectivity index (χ1) is 11.5. The molecule has 0 unspecified atom stereocenters. The van der Waals surface area contributed by atoms with E-state index in [-0.39, 0.29) is 11.7 Å². The smallest absolute Gasteiger partial charge is 0.185 e. The predicted octanol–water partition coefficient (Wildman–Crippen LogP) is 3.96. The molecule has 0 saturated carbocycles. The minimum atomic E-state index is 0.0541. The molecule has 1 atom stereocenters. The zero-order valence-corrected chi connectivity index (χ0v) is 15.6. The van der Waals surface area contributed by atoms with E-state index in [4.69, 9.17) is 11.6 Å². The molecule has 2 heterocycles. The van der Waals surface area contributed by atoms with E-state index in [1.54, 1.807) is 23.5 Å². The summed E-state index contributed by atoms with van der Waals surface area (Å²) < 4.78 is 0. The molecule has 2 aromatic rings. The van der Waals surface area contributed by atoms with Crippen LogP contribution < -0.4 is 4.90 Å². The van der Waals surface area contributed by atoms with Gasteiger partial charge in [-0.1, -0.05) is 23.7 Å². The van der Waals surface area contributed by atoms with Gasteiger partial charge in [0.15, 0.2) is 10.9 Å². The van der Waals surface area contributed by atoms with Gasteiger partial charge in [-0.25, -0.2) is 4.98 Å². The first-order valence-corrected chi connectivity index (χ1v) is 9.36. The minimum Gasteiger partial charge on any atom is -0.354 e. The van der Waals surface area contributed by atoms with Crippen LogP contribution in [0.2, 0.25) is 5.02 Å². The van der Waals surface area contributed by atoms with Gasteiger partial charge in [-0.05, 0) is 31.5 Å². The molecule has 128 valence electrons. The lowest BCUT2D eigenvalue weighted by Crippen LogP contribution is -2.38. The molecular weight excluding hydrogens is 342 g/mol. The molecule has 6 heteroatoms. The topological polar surface area (TPSA) is 36.4 Å². The van der Waals surface area contributed by atoms with E-state index >= 15 is 0 Å². The van der Waals surface area contributed by atoms with Gasteiger partial charge in [0.1, 0.15) is 0 Å². The van der Waals surface area contributed by atoms with Crippen LogP contribution in [0, 0.1) is 5.92 Å². The van der Waals surface area contributed by atoms with Gasteiger partial charge in [0.25, 0.3) is 0 Å². The maximum Gasteiger partial charge on any atom is 0.185 e. The van der Waals surface area contributed by atoms with Crippen LogP contribution >= 0.6 is 22.9 Å². The van der Waals surface area contributed by atoms with E-state index in [1.165, 1.54) is 4.88 Å². The van der Waals surface area contributed by atoms with Gasteiger partial charge in [0.2, 0.25) is 0 Å². The molecule has 0 spiro atoms. The van der Waals surface area contributed by atoms with E-state index in [0.717, 1.165) is 43.2 Å². The average molecular weight is 364 g/mol. The first-order valence-electron chi connectivity index (χ1n) is 8.17. The van der Waals surface area contributed by atoms with E-state index in [0.29, 0.717) is 5.02 Å². The van der Waals surface area contributed by atoms with Gasteiger partial charge in [-0.3, -0.25) is 9.69 Å². The summed E-state index contributed by atoms with van der Waals surface area (Å²) >= 11 is 7.73. The molecule has 1 aromatic carbocycles. The van der Waals surface area contributed by atoms with Gasteiger partial charge in [-0.2, -0.15) is 0 Å². The zero-order valence-electron chi connectivity index (χ0n) is 14.0. The molecule has 1 saturated heterocycles. The fourth-order valence-electron chi connectivity index (χ4n) is 3.09. The Bertz CT molecular complexity index is 716. The third-order valence-corrected chi connectivity index (χ3v) is 5.67. The number of ketones is 1. The molecule has 1 aromatic heterocycles. The standard InChI is InChI=1S/C18H22ClN3OS/c1-21(2)18-20-10-16(24-18)12-22-8-4-6-14(11-22)17(23)13-5-3-7-15(19)9-13/h3,5,7,9-10,14H,4,6,8,11-12H2,1-2H3/t14-/m0/s1. The number of thiazole rings is 1. The van der Waals surface area contributed by atoms with Crippen LogP contribution in [-0.2, 0) is 6.54 Å². The largest absolute Gasteiger partial charge is 0.354 e. The SMILES string of the molecule is CN(C)c1ncc(CN2CCC[C@H](C(=O)c3cccc(Cl)c3)C2)s1. The summed E-state index contributed by atoms with van der Waals surface area (Å²) in [6.45, 7) is 2.71. The summed E-state index contributed by atoms with van der Waals surface area (Å²) in [6, 6.07) is 7.28. The van der Waals surface area contributed by atoms with Gasteiger partial charge in [0, 0.05) is 54.8 Å². The summed E-state index contributed by atoms with van der Waals surface area (Å²) in [5, 5.41) is 1.64. The van der Waals surface area contributed by atoms with Crippen molar-refractivity contribution >= 4 is 33.9 Å². The number of carbonyl (C=O) groups excluding carboxylic acids is 1. The van der Waals surface area contributed by atoms with Crippen molar-refractivity contribution in [2.75, 3.05) is 32.1 Å². The van der Waals surface area contributed by atoms with Crippen LogP contribution in [0.3, 0.4) is 0 Å². The lowest BCUT2D eigenvalue weighted by molar-refractivity contribution is 0.0812. The Morgan fingerprint density at radius 1 is 1.46 bits per heavy atom. The first kappa shape index (κ1) is 17.4. The Morgan fingerprint density at radius 3 is 3.00 bits per heavy atom. The van der Waals surface area contributed by atoms with Gasteiger partial charge >= 0.3 is 0 Å². The van der Waals surface area contributed by atoms with Gasteiger partial charge in [-0.15, -0.1) is 11.3 Å². The van der Waals surface area contributed by atoms with E-state index in [9.17, 15) is 4.79 Å². The number of likely N-dealkylation sites (tertiary alicyclic amines) is 1. The highest BCUT2D eigenvalue weighted by Crippen LogP contribution is 2.26. The molecule has 0 aliphatic carbocycles. The van der Waals surface area contributed by atoms with Crippen LogP contribution in [0.4, 0.5) is 5.13 Å². The molecule has 0 N–H and O–H groups in total. The maximum atomic E-state index is 12.7. The molecule has 1 aliphatic rings. The highest BCUT2D eigenvalue weighted by atomic mass is 35.5. The molecule has 1 aliphatic heterocycles. The van der Waals surface area contributed by atoms with Crippen LogP contribution in [0.15, 0.2) is 30.5 Å². The lowest BCUT2D eigenvalue weighted by atomic mass is 9.90. The number of Topliss-reactive ketones (excluding diaryl/α,β-unsaturated/α-hetero) is 1. The molecule has 24 heavy (non-hydrogen) atoms. The van der Waals surface area contributed by atoms with Crippen molar-refractivity contribution < 1.29 is 4.79 Å². The normalized spacial score (nSPS) is 18.5. The van der Waals surface area contributed by atoms with Crippen molar-refractivity contribution in [1.29, 1.82) is 0 Å². The maximum absolute atomic E-state index is 12.7. The molecule has 3 rings (SSSR count). The number of hydrogen-bond acceptors (Lipinski definition) is 5. The lowest BCUT2D eigenvalue weighted by Gasteiger charge is -2.31. The monoisotopic (exact) mass is 363 g/mol. The Balaban J connectivity index is 1.64. The number of halogens is 1. The Kier molecular flexibility index (Phi) is 5.54. The van der Waals surface area contributed by atoms with Crippen LogP contribution in [0.1, 0.15) is 28.1 Å². The quantitative estimate of drug-likeness (QED) is 0.753. The van der Waals surface area contributed by atoms with Crippen molar-refractivity contribution in [1.82, 2.24) is 9.88 Å². The molecule has 0 bridgehead atoms. The number of carbonyl (C=O) groups is 1. The third-order valence-electron chi connectivity index (χ3n) is 4.29. The van der Waals surface area contributed by atoms with Gasteiger partial charge in [0.05, 0.1) is 0 Å². The number of rotatable bonds is 5. The van der Waals surface area contributed by atoms with E-state index in [2.05, 4.69) is 9.88 Å². The fourth-order valence-corrected chi connectivity index (χ4v) is 4.15. The summed E-state index contributed by atoms with van der Waals surface area (Å²) in [6.07, 6.45) is 3.95. The van der Waals surface area contributed by atoms with Crippen molar-refractivity contribution in [3.8, 4) is 0 Å². The summed E-state index contributed by atoms with van der Waals surface area (Å²) in [7, 11) is 4.01. The predicted molar refractivity (Wildman–Crippen MR) is 100 cm³/mol. The average Bonchev–Trinajstić information content (AvgIpc) is 3.03. The van der Waals surface area contributed by atoms with Crippen molar-refractivity contribution in [2.45, 2.75) is 19.4 Å². The van der Waals surface area contributed by atoms with Crippen LogP contribution in [0.5, 0.6) is 0 Å². The van der Waals surface area contributed by atoms with Gasteiger partial charge < -0.3 is 4.90 Å². The third kappa shape index (κ3) is 4.15. The molecule has 0 amide bonds. The molecule has 0 radical (unpaired) electrons. The minimum absolute atomic E-state index is 0.0541. The van der Waals surface area contributed by atoms with Crippen molar-refractivity contribution in [3.05, 3.63) is 45.9 Å². The number of anilines is 1. The zero-order chi connectivity index (χ0) is 17.1. The van der Waals surface area contributed by atoms with Crippen molar-refractivity contribution in [3.63, 3.8) is 0 Å². The second-order valence-corrected chi connectivity index (χ2v) is 7.98.